The lowest BCUT2D eigenvalue weighted by atomic mass is 10.1. The number of hydrogen-bond donors (Lipinski definition) is 1. The van der Waals surface area contributed by atoms with E-state index >= 15 is 0 Å². The van der Waals surface area contributed by atoms with E-state index in [1.165, 1.54) is 0 Å². The minimum absolute atomic E-state index is 0.203. The highest BCUT2D eigenvalue weighted by molar-refractivity contribution is 5.03. The molecule has 0 aliphatic rings. The number of rotatable bonds is 6. The van der Waals surface area contributed by atoms with Crippen LogP contribution in [0.3, 0.4) is 0 Å². The molecule has 0 aromatic carbocycles. The Balaban J connectivity index is 2.38. The molecule has 0 fully saturated rings. The maximum Gasteiger partial charge on any atom is 0.0690 e. The maximum atomic E-state index is 9.74. The van der Waals surface area contributed by atoms with Gasteiger partial charge in [0.15, 0.2) is 0 Å². The summed E-state index contributed by atoms with van der Waals surface area (Å²) < 4.78 is 0. The van der Waals surface area contributed by atoms with E-state index in [9.17, 15) is 5.11 Å². The topological polar surface area (TPSA) is 36.4 Å². The first-order valence-electron chi connectivity index (χ1n) is 5.93. The van der Waals surface area contributed by atoms with Crippen molar-refractivity contribution in [2.24, 2.45) is 0 Å². The fraction of sp³-hybridized carbons (Fsp3) is 0.615. The van der Waals surface area contributed by atoms with Crippen LogP contribution in [0.25, 0.3) is 0 Å². The fourth-order valence-electron chi connectivity index (χ4n) is 1.68. The third-order valence-corrected chi connectivity index (χ3v) is 3.12. The van der Waals surface area contributed by atoms with Crippen LogP contribution < -0.4 is 0 Å². The molecule has 3 heteroatoms. The highest BCUT2D eigenvalue weighted by Crippen LogP contribution is 2.06. The van der Waals surface area contributed by atoms with E-state index in [2.05, 4.69) is 16.8 Å². The van der Waals surface area contributed by atoms with E-state index in [1.54, 1.807) is 0 Å². The Morgan fingerprint density at radius 2 is 2.19 bits per heavy atom. The zero-order valence-electron chi connectivity index (χ0n) is 10.4. The molecular formula is C13H22N2O. The number of hydrogen-bond acceptors (Lipinski definition) is 3. The third-order valence-electron chi connectivity index (χ3n) is 3.12. The molecule has 0 radical (unpaired) electrons. The Labute approximate surface area is 98.1 Å². The summed E-state index contributed by atoms with van der Waals surface area (Å²) in [4.78, 5) is 6.47. The van der Waals surface area contributed by atoms with Crippen LogP contribution in [-0.2, 0) is 6.42 Å². The van der Waals surface area contributed by atoms with Crippen LogP contribution in [0.2, 0.25) is 0 Å². The van der Waals surface area contributed by atoms with Gasteiger partial charge >= 0.3 is 0 Å². The molecule has 1 rings (SSSR count). The van der Waals surface area contributed by atoms with Crippen molar-refractivity contribution in [1.29, 1.82) is 0 Å². The van der Waals surface area contributed by atoms with Crippen molar-refractivity contribution in [3.8, 4) is 0 Å². The summed E-state index contributed by atoms with van der Waals surface area (Å²) in [7, 11) is 2.05. The van der Waals surface area contributed by atoms with Gasteiger partial charge in [0.05, 0.1) is 6.10 Å². The Hall–Kier alpha value is -0.930. The molecule has 0 amide bonds. The summed E-state index contributed by atoms with van der Waals surface area (Å²) in [5, 5.41) is 9.74. The summed E-state index contributed by atoms with van der Waals surface area (Å²) in [6.07, 6.45) is 3.31. The Kier molecular flexibility index (Phi) is 5.43. The van der Waals surface area contributed by atoms with Crippen LogP contribution >= 0.6 is 0 Å². The van der Waals surface area contributed by atoms with Gasteiger partial charge in [-0.25, -0.2) is 0 Å². The van der Waals surface area contributed by atoms with Crippen LogP contribution in [0.1, 0.15) is 26.0 Å². The van der Waals surface area contributed by atoms with Gasteiger partial charge in [0, 0.05) is 30.9 Å². The second-order valence-electron chi connectivity index (χ2n) is 4.27. The summed E-state index contributed by atoms with van der Waals surface area (Å²) >= 11 is 0. The molecule has 16 heavy (non-hydrogen) atoms. The number of pyridine rings is 1. The lowest BCUT2D eigenvalue weighted by Crippen LogP contribution is -2.39. The molecule has 0 saturated heterocycles. The summed E-state index contributed by atoms with van der Waals surface area (Å²) in [5.41, 5.74) is 1.10. The van der Waals surface area contributed by atoms with Crippen molar-refractivity contribution < 1.29 is 5.11 Å². The quantitative estimate of drug-likeness (QED) is 0.796. The summed E-state index contributed by atoms with van der Waals surface area (Å²) in [6, 6.07) is 6.17. The van der Waals surface area contributed by atoms with Crippen molar-refractivity contribution in [1.82, 2.24) is 9.88 Å². The Morgan fingerprint density at radius 1 is 1.44 bits per heavy atom. The Morgan fingerprint density at radius 3 is 2.75 bits per heavy atom. The van der Waals surface area contributed by atoms with Crippen molar-refractivity contribution in [2.45, 2.75) is 38.8 Å². The number of nitrogens with zero attached hydrogens (tertiary/aromatic N) is 2. The molecule has 3 nitrogen and oxygen atoms in total. The predicted octanol–water partition coefficient (Wildman–Crippen LogP) is 1.72. The van der Waals surface area contributed by atoms with Gasteiger partial charge < -0.3 is 10.0 Å². The monoisotopic (exact) mass is 222 g/mol. The number of aliphatic hydroxyl groups is 1. The average molecular weight is 222 g/mol. The molecular weight excluding hydrogens is 200 g/mol. The third kappa shape index (κ3) is 3.91. The molecule has 2 atom stereocenters. The number of likely N-dealkylation sites (N-methyl/N-ethyl adjacent to an activating group) is 1. The fourth-order valence-corrected chi connectivity index (χ4v) is 1.68. The molecule has 90 valence electrons. The zero-order valence-corrected chi connectivity index (χ0v) is 10.4. The first kappa shape index (κ1) is 13.1. The SMILES string of the molecule is CCC(O)C(C)N(C)CCc1ccccn1. The van der Waals surface area contributed by atoms with E-state index in [4.69, 9.17) is 0 Å². The van der Waals surface area contributed by atoms with E-state index in [-0.39, 0.29) is 12.1 Å². The van der Waals surface area contributed by atoms with Crippen molar-refractivity contribution in [3.63, 3.8) is 0 Å². The molecule has 0 bridgehead atoms. The van der Waals surface area contributed by atoms with Crippen LogP contribution in [0, 0.1) is 0 Å². The van der Waals surface area contributed by atoms with E-state index < -0.39 is 0 Å². The van der Waals surface area contributed by atoms with Crippen LogP contribution in [0.4, 0.5) is 0 Å². The molecule has 1 N–H and O–H groups in total. The van der Waals surface area contributed by atoms with Crippen molar-refractivity contribution in [2.75, 3.05) is 13.6 Å². The van der Waals surface area contributed by atoms with Crippen LogP contribution in [0.15, 0.2) is 24.4 Å². The van der Waals surface area contributed by atoms with Crippen molar-refractivity contribution in [3.05, 3.63) is 30.1 Å². The first-order valence-corrected chi connectivity index (χ1v) is 5.93. The first-order chi connectivity index (χ1) is 7.65. The molecule has 0 spiro atoms. The van der Waals surface area contributed by atoms with E-state index in [1.807, 2.05) is 38.4 Å². The standard InChI is InChI=1S/C13H22N2O/c1-4-13(16)11(2)15(3)10-8-12-7-5-6-9-14-12/h5-7,9,11,13,16H,4,8,10H2,1-3H3. The van der Waals surface area contributed by atoms with E-state index in [0.29, 0.717) is 0 Å². The Bertz CT molecular complexity index is 289. The minimum atomic E-state index is -0.242. The second-order valence-corrected chi connectivity index (χ2v) is 4.27. The lowest BCUT2D eigenvalue weighted by molar-refractivity contribution is 0.0706. The minimum Gasteiger partial charge on any atom is -0.392 e. The number of aliphatic hydroxyl groups excluding tert-OH is 1. The largest absolute Gasteiger partial charge is 0.392 e. The van der Waals surface area contributed by atoms with Gasteiger partial charge in [-0.05, 0) is 32.5 Å². The van der Waals surface area contributed by atoms with Crippen LogP contribution in [-0.4, -0.2) is 40.7 Å². The zero-order chi connectivity index (χ0) is 12.0. The molecule has 1 heterocycles. The van der Waals surface area contributed by atoms with Gasteiger partial charge in [0.1, 0.15) is 0 Å². The smallest absolute Gasteiger partial charge is 0.0690 e. The normalized spacial score (nSPS) is 15.1. The molecule has 0 aliphatic heterocycles. The highest BCUT2D eigenvalue weighted by atomic mass is 16.3. The van der Waals surface area contributed by atoms with Crippen molar-refractivity contribution >= 4 is 0 Å². The van der Waals surface area contributed by atoms with Gasteiger partial charge in [0.2, 0.25) is 0 Å². The number of aromatic nitrogens is 1. The summed E-state index contributed by atoms with van der Waals surface area (Å²) in [5.74, 6) is 0. The highest BCUT2D eigenvalue weighted by Gasteiger charge is 2.16. The van der Waals surface area contributed by atoms with Gasteiger partial charge in [0.25, 0.3) is 0 Å². The van der Waals surface area contributed by atoms with Gasteiger partial charge in [-0.2, -0.15) is 0 Å². The molecule has 1 aromatic heterocycles. The molecule has 0 saturated carbocycles. The average Bonchev–Trinajstić information content (AvgIpc) is 2.35. The summed E-state index contributed by atoms with van der Waals surface area (Å²) in [6.45, 7) is 5.00. The lowest BCUT2D eigenvalue weighted by Gasteiger charge is -2.28. The molecule has 1 aromatic rings. The van der Waals surface area contributed by atoms with Gasteiger partial charge in [-0.15, -0.1) is 0 Å². The maximum absolute atomic E-state index is 9.74. The van der Waals surface area contributed by atoms with Crippen LogP contribution in [0.5, 0.6) is 0 Å². The molecule has 2 unspecified atom stereocenters. The molecule has 0 aliphatic carbocycles. The second kappa shape index (κ2) is 6.61. The van der Waals surface area contributed by atoms with Gasteiger partial charge in [-0.1, -0.05) is 13.0 Å². The van der Waals surface area contributed by atoms with E-state index in [0.717, 1.165) is 25.1 Å². The van der Waals surface area contributed by atoms with Gasteiger partial charge in [-0.3, -0.25) is 4.98 Å². The predicted molar refractivity (Wildman–Crippen MR) is 66.3 cm³/mol.